The maximum absolute atomic E-state index is 5.88. The molecule has 3 rings (SSSR count). The molecule has 0 unspecified atom stereocenters. The zero-order chi connectivity index (χ0) is 14.7. The summed E-state index contributed by atoms with van der Waals surface area (Å²) in [6.07, 6.45) is 5.37. The predicted molar refractivity (Wildman–Crippen MR) is 85.5 cm³/mol. The monoisotopic (exact) mass is 316 g/mol. The first-order valence-electron chi connectivity index (χ1n) is 6.46. The number of oxazole rings is 1. The Labute approximate surface area is 132 Å². The van der Waals surface area contributed by atoms with E-state index in [4.69, 9.17) is 16.0 Å². The van der Waals surface area contributed by atoms with Gasteiger partial charge in [0.2, 0.25) is 5.89 Å². The van der Waals surface area contributed by atoms with Crippen molar-refractivity contribution < 1.29 is 4.42 Å². The number of aromatic nitrogens is 2. The summed E-state index contributed by atoms with van der Waals surface area (Å²) >= 11 is 7.60. The van der Waals surface area contributed by atoms with Gasteiger partial charge in [0.05, 0.1) is 5.69 Å². The second-order valence-corrected chi connectivity index (χ2v) is 6.03. The largest absolute Gasteiger partial charge is 0.444 e. The van der Waals surface area contributed by atoms with Crippen LogP contribution in [0, 0.1) is 6.92 Å². The normalized spacial score (nSPS) is 10.8. The van der Waals surface area contributed by atoms with Gasteiger partial charge >= 0.3 is 0 Å². The maximum Gasteiger partial charge on any atom is 0.226 e. The van der Waals surface area contributed by atoms with E-state index in [0.717, 1.165) is 17.0 Å². The fraction of sp³-hybridized carbons (Fsp3) is 0.125. The summed E-state index contributed by atoms with van der Waals surface area (Å²) in [6.45, 7) is 2.05. The number of hydrogen-bond donors (Lipinski definition) is 0. The number of hydrogen-bond acceptors (Lipinski definition) is 4. The fourth-order valence-corrected chi connectivity index (χ4v) is 2.87. The van der Waals surface area contributed by atoms with Crippen LogP contribution in [-0.4, -0.2) is 9.97 Å². The second kappa shape index (κ2) is 6.33. The highest BCUT2D eigenvalue weighted by atomic mass is 35.5. The van der Waals surface area contributed by atoms with Gasteiger partial charge in [0.15, 0.2) is 0 Å². The van der Waals surface area contributed by atoms with Gasteiger partial charge in [-0.05, 0) is 42.8 Å². The molecule has 5 heteroatoms. The topological polar surface area (TPSA) is 38.9 Å². The molecule has 0 saturated carbocycles. The zero-order valence-electron chi connectivity index (χ0n) is 11.4. The van der Waals surface area contributed by atoms with Crippen molar-refractivity contribution in [2.45, 2.75) is 17.6 Å². The molecular formula is C16H13ClN2OS. The van der Waals surface area contributed by atoms with E-state index in [9.17, 15) is 0 Å². The predicted octanol–water partition coefficient (Wildman–Crippen LogP) is 4.99. The van der Waals surface area contributed by atoms with E-state index in [-0.39, 0.29) is 0 Å². The summed E-state index contributed by atoms with van der Waals surface area (Å²) in [5, 5.41) is 0.703. The minimum absolute atomic E-state index is 0.619. The Balaban J connectivity index is 1.71. The van der Waals surface area contributed by atoms with Crippen LogP contribution in [0.3, 0.4) is 0 Å². The average Bonchev–Trinajstić information content (AvgIpc) is 2.96. The molecule has 21 heavy (non-hydrogen) atoms. The summed E-state index contributed by atoms with van der Waals surface area (Å²) in [7, 11) is 0. The van der Waals surface area contributed by atoms with Crippen molar-refractivity contribution in [3.8, 4) is 11.5 Å². The third kappa shape index (κ3) is 3.46. The van der Waals surface area contributed by atoms with Crippen molar-refractivity contribution >= 4 is 23.4 Å². The van der Waals surface area contributed by atoms with Crippen LogP contribution >= 0.6 is 23.4 Å². The number of rotatable bonds is 4. The van der Waals surface area contributed by atoms with Crippen LogP contribution in [-0.2, 0) is 5.75 Å². The maximum atomic E-state index is 5.88. The van der Waals surface area contributed by atoms with Crippen LogP contribution in [0.15, 0.2) is 58.3 Å². The van der Waals surface area contributed by atoms with Gasteiger partial charge in [-0.15, -0.1) is 11.8 Å². The molecule has 2 heterocycles. The Morgan fingerprint density at radius 3 is 2.76 bits per heavy atom. The van der Waals surface area contributed by atoms with Crippen molar-refractivity contribution in [1.29, 1.82) is 0 Å². The number of halogens is 1. The molecule has 2 aromatic heterocycles. The lowest BCUT2D eigenvalue weighted by Crippen LogP contribution is -1.85. The summed E-state index contributed by atoms with van der Waals surface area (Å²) in [6, 6.07) is 9.47. The summed E-state index contributed by atoms with van der Waals surface area (Å²) in [5.41, 5.74) is 3.01. The smallest absolute Gasteiger partial charge is 0.226 e. The Hall–Kier alpha value is -1.78. The van der Waals surface area contributed by atoms with E-state index in [1.54, 1.807) is 24.2 Å². The van der Waals surface area contributed by atoms with Crippen LogP contribution in [0.2, 0.25) is 5.02 Å². The SMILES string of the molecule is Cc1cnccc1SCc1coc(-c2ccc(Cl)cc2)n1. The van der Waals surface area contributed by atoms with E-state index < -0.39 is 0 Å². The molecule has 106 valence electrons. The van der Waals surface area contributed by atoms with Gasteiger partial charge in [0.25, 0.3) is 0 Å². The quantitative estimate of drug-likeness (QED) is 0.636. The van der Waals surface area contributed by atoms with Gasteiger partial charge in [-0.2, -0.15) is 0 Å². The van der Waals surface area contributed by atoms with Gasteiger partial charge < -0.3 is 4.42 Å². The number of benzene rings is 1. The first-order valence-corrected chi connectivity index (χ1v) is 7.82. The third-order valence-electron chi connectivity index (χ3n) is 2.99. The molecule has 0 N–H and O–H groups in total. The number of nitrogens with zero attached hydrogens (tertiary/aromatic N) is 2. The minimum Gasteiger partial charge on any atom is -0.444 e. The first-order chi connectivity index (χ1) is 10.2. The van der Waals surface area contributed by atoms with Crippen molar-refractivity contribution in [3.63, 3.8) is 0 Å². The fourth-order valence-electron chi connectivity index (χ4n) is 1.87. The minimum atomic E-state index is 0.619. The standard InChI is InChI=1S/C16H13ClN2OS/c1-11-8-18-7-6-15(11)21-10-14-9-20-16(19-14)12-2-4-13(17)5-3-12/h2-9H,10H2,1H3. The van der Waals surface area contributed by atoms with E-state index >= 15 is 0 Å². The van der Waals surface area contributed by atoms with Crippen LogP contribution in [0.1, 0.15) is 11.3 Å². The van der Waals surface area contributed by atoms with E-state index in [0.29, 0.717) is 10.9 Å². The second-order valence-electron chi connectivity index (χ2n) is 4.58. The molecule has 0 fully saturated rings. The average molecular weight is 317 g/mol. The van der Waals surface area contributed by atoms with Gasteiger partial charge in [-0.25, -0.2) is 4.98 Å². The molecule has 0 bridgehead atoms. The zero-order valence-corrected chi connectivity index (χ0v) is 13.0. The molecule has 0 amide bonds. The van der Waals surface area contributed by atoms with Crippen LogP contribution < -0.4 is 0 Å². The molecule has 0 radical (unpaired) electrons. The molecule has 0 spiro atoms. The molecule has 0 aliphatic heterocycles. The van der Waals surface area contributed by atoms with Crippen LogP contribution in [0.25, 0.3) is 11.5 Å². The molecule has 3 aromatic rings. The van der Waals surface area contributed by atoms with Crippen molar-refractivity contribution in [1.82, 2.24) is 9.97 Å². The lowest BCUT2D eigenvalue weighted by atomic mass is 10.2. The van der Waals surface area contributed by atoms with E-state index in [1.165, 1.54) is 10.5 Å². The van der Waals surface area contributed by atoms with E-state index in [1.807, 2.05) is 36.5 Å². The summed E-state index contributed by atoms with van der Waals surface area (Å²) in [5.74, 6) is 1.38. The number of aryl methyl sites for hydroxylation is 1. The molecule has 1 aromatic carbocycles. The van der Waals surface area contributed by atoms with Gasteiger partial charge in [-0.3, -0.25) is 4.98 Å². The number of thioether (sulfide) groups is 1. The van der Waals surface area contributed by atoms with Crippen molar-refractivity contribution in [2.75, 3.05) is 0 Å². The Bertz CT molecular complexity index is 740. The molecule has 0 saturated heterocycles. The van der Waals surface area contributed by atoms with Crippen LogP contribution in [0.4, 0.5) is 0 Å². The lowest BCUT2D eigenvalue weighted by molar-refractivity contribution is 0.573. The number of pyridine rings is 1. The third-order valence-corrected chi connectivity index (χ3v) is 4.45. The molecule has 0 atom stereocenters. The highest BCUT2D eigenvalue weighted by Gasteiger charge is 2.08. The Kier molecular flexibility index (Phi) is 4.27. The van der Waals surface area contributed by atoms with Crippen molar-refractivity contribution in [3.05, 3.63) is 65.3 Å². The Morgan fingerprint density at radius 1 is 1.19 bits per heavy atom. The van der Waals surface area contributed by atoms with E-state index in [2.05, 4.69) is 16.9 Å². The van der Waals surface area contributed by atoms with Crippen LogP contribution in [0.5, 0.6) is 0 Å². The van der Waals surface area contributed by atoms with Gasteiger partial charge in [0, 0.05) is 33.6 Å². The van der Waals surface area contributed by atoms with Gasteiger partial charge in [-0.1, -0.05) is 11.6 Å². The molecular weight excluding hydrogens is 304 g/mol. The molecule has 0 aliphatic rings. The van der Waals surface area contributed by atoms with Crippen molar-refractivity contribution in [2.24, 2.45) is 0 Å². The first kappa shape index (κ1) is 14.2. The summed E-state index contributed by atoms with van der Waals surface area (Å²) < 4.78 is 5.53. The molecule has 3 nitrogen and oxygen atoms in total. The Morgan fingerprint density at radius 2 is 2.00 bits per heavy atom. The highest BCUT2D eigenvalue weighted by molar-refractivity contribution is 7.98. The lowest BCUT2D eigenvalue weighted by Gasteiger charge is -2.02. The van der Waals surface area contributed by atoms with Gasteiger partial charge in [0.1, 0.15) is 6.26 Å². The molecule has 0 aliphatic carbocycles. The summed E-state index contributed by atoms with van der Waals surface area (Å²) in [4.78, 5) is 9.81. The highest BCUT2D eigenvalue weighted by Crippen LogP contribution is 2.27.